The summed E-state index contributed by atoms with van der Waals surface area (Å²) >= 11 is 0. The zero-order chi connectivity index (χ0) is 22.1. The first-order valence-corrected chi connectivity index (χ1v) is 10.3. The van der Waals surface area contributed by atoms with Crippen LogP contribution in [-0.2, 0) is 11.2 Å². The van der Waals surface area contributed by atoms with E-state index in [-0.39, 0.29) is 24.6 Å². The first kappa shape index (κ1) is 21.9. The summed E-state index contributed by atoms with van der Waals surface area (Å²) in [6, 6.07) is 23.9. The van der Waals surface area contributed by atoms with Crippen molar-refractivity contribution in [3.05, 3.63) is 90.0 Å². The molecule has 0 aliphatic heterocycles. The Hall–Kier alpha value is -3.80. The summed E-state index contributed by atoms with van der Waals surface area (Å²) in [4.78, 5) is 24.4. The van der Waals surface area contributed by atoms with Gasteiger partial charge in [-0.15, -0.1) is 0 Å². The summed E-state index contributed by atoms with van der Waals surface area (Å²) in [6.07, 6.45) is 0.981. The monoisotopic (exact) mass is 417 g/mol. The Labute approximate surface area is 182 Å². The molecule has 3 aromatic rings. The van der Waals surface area contributed by atoms with Crippen molar-refractivity contribution < 1.29 is 14.3 Å². The van der Waals surface area contributed by atoms with E-state index in [1.165, 1.54) is 5.56 Å². The topological polar surface area (TPSA) is 79.5 Å². The summed E-state index contributed by atoms with van der Waals surface area (Å²) in [5, 5.41) is 8.49. The van der Waals surface area contributed by atoms with Crippen LogP contribution in [0.2, 0.25) is 0 Å². The Morgan fingerprint density at radius 2 is 1.58 bits per heavy atom. The molecule has 0 aliphatic carbocycles. The Morgan fingerprint density at radius 3 is 2.29 bits per heavy atom. The molecule has 0 saturated carbocycles. The van der Waals surface area contributed by atoms with E-state index in [2.05, 4.69) is 35.0 Å². The quantitative estimate of drug-likeness (QED) is 0.474. The minimum atomic E-state index is -0.314. The normalized spacial score (nSPS) is 11.3. The van der Waals surface area contributed by atoms with Crippen LogP contribution in [0, 0.1) is 0 Å². The van der Waals surface area contributed by atoms with Gasteiger partial charge in [-0.1, -0.05) is 55.5 Å². The lowest BCUT2D eigenvalue weighted by Crippen LogP contribution is -2.31. The number of hydrogen-bond acceptors (Lipinski definition) is 3. The molecule has 0 saturated heterocycles. The van der Waals surface area contributed by atoms with Gasteiger partial charge in [0.15, 0.2) is 6.61 Å². The van der Waals surface area contributed by atoms with Gasteiger partial charge in [0, 0.05) is 17.4 Å². The second kappa shape index (κ2) is 10.8. The minimum Gasteiger partial charge on any atom is -0.484 e. The summed E-state index contributed by atoms with van der Waals surface area (Å²) in [5.41, 5.74) is 3.58. The van der Waals surface area contributed by atoms with Crippen LogP contribution in [0.15, 0.2) is 78.9 Å². The summed E-state index contributed by atoms with van der Waals surface area (Å²) in [5.74, 6) is 0.231. The first-order valence-electron chi connectivity index (χ1n) is 10.3. The second-order valence-corrected chi connectivity index (χ2v) is 7.15. The molecular formula is C25H27N3O3. The van der Waals surface area contributed by atoms with E-state index in [4.69, 9.17) is 4.74 Å². The Balaban J connectivity index is 1.49. The number of anilines is 2. The molecule has 6 heteroatoms. The fourth-order valence-electron chi connectivity index (χ4n) is 3.02. The molecule has 31 heavy (non-hydrogen) atoms. The number of urea groups is 1. The van der Waals surface area contributed by atoms with Gasteiger partial charge in [-0.3, -0.25) is 4.79 Å². The summed E-state index contributed by atoms with van der Waals surface area (Å²) < 4.78 is 5.55. The van der Waals surface area contributed by atoms with Gasteiger partial charge in [0.05, 0.1) is 6.04 Å². The molecular weight excluding hydrogens is 390 g/mol. The third-order valence-corrected chi connectivity index (χ3v) is 4.75. The molecule has 0 spiro atoms. The maximum absolute atomic E-state index is 12.4. The van der Waals surface area contributed by atoms with Gasteiger partial charge < -0.3 is 20.7 Å². The number of aryl methyl sites for hydroxylation is 1. The van der Waals surface area contributed by atoms with E-state index in [0.717, 1.165) is 12.0 Å². The number of para-hydroxylation sites is 1. The van der Waals surface area contributed by atoms with Crippen LogP contribution in [0.5, 0.6) is 5.75 Å². The number of benzene rings is 3. The van der Waals surface area contributed by atoms with Crippen molar-refractivity contribution in [1.82, 2.24) is 5.32 Å². The fourth-order valence-corrected chi connectivity index (χ4v) is 3.02. The standard InChI is InChI=1S/C25H27N3O3/c1-3-19-12-14-20(15-13-19)18(2)26-25(30)28-22-10-7-11-23(16-22)31-17-24(29)27-21-8-5-4-6-9-21/h4-16,18H,3,17H2,1-2H3,(H,27,29)(H2,26,28,30). The van der Waals surface area contributed by atoms with Gasteiger partial charge >= 0.3 is 6.03 Å². The molecule has 3 rings (SSSR count). The molecule has 0 bridgehead atoms. The molecule has 0 aromatic heterocycles. The lowest BCUT2D eigenvalue weighted by molar-refractivity contribution is -0.118. The lowest BCUT2D eigenvalue weighted by atomic mass is 10.1. The van der Waals surface area contributed by atoms with Gasteiger partial charge in [0.2, 0.25) is 0 Å². The van der Waals surface area contributed by atoms with Gasteiger partial charge in [-0.25, -0.2) is 4.79 Å². The van der Waals surface area contributed by atoms with Crippen molar-refractivity contribution in [3.63, 3.8) is 0 Å². The molecule has 0 heterocycles. The summed E-state index contributed by atoms with van der Waals surface area (Å²) in [6.45, 7) is 3.92. The van der Waals surface area contributed by atoms with Crippen LogP contribution in [-0.4, -0.2) is 18.5 Å². The van der Waals surface area contributed by atoms with Crippen LogP contribution >= 0.6 is 0 Å². The first-order chi connectivity index (χ1) is 15.0. The maximum Gasteiger partial charge on any atom is 0.319 e. The Kier molecular flexibility index (Phi) is 7.65. The zero-order valence-electron chi connectivity index (χ0n) is 17.7. The van der Waals surface area contributed by atoms with E-state index in [9.17, 15) is 9.59 Å². The maximum atomic E-state index is 12.4. The van der Waals surface area contributed by atoms with Crippen molar-refractivity contribution in [2.75, 3.05) is 17.2 Å². The molecule has 3 amide bonds. The Bertz CT molecular complexity index is 1000. The van der Waals surface area contributed by atoms with E-state index in [1.54, 1.807) is 36.4 Å². The van der Waals surface area contributed by atoms with Crippen LogP contribution in [0.3, 0.4) is 0 Å². The number of nitrogens with one attached hydrogen (secondary N) is 3. The molecule has 0 radical (unpaired) electrons. The SMILES string of the molecule is CCc1ccc(C(C)NC(=O)Nc2cccc(OCC(=O)Nc3ccccc3)c2)cc1. The van der Waals surface area contributed by atoms with Crippen LogP contribution in [0.1, 0.15) is 31.0 Å². The lowest BCUT2D eigenvalue weighted by Gasteiger charge is -2.16. The number of rotatable bonds is 8. The largest absolute Gasteiger partial charge is 0.484 e. The van der Waals surface area contributed by atoms with E-state index in [0.29, 0.717) is 17.1 Å². The highest BCUT2D eigenvalue weighted by Gasteiger charge is 2.10. The minimum absolute atomic E-state index is 0.130. The molecule has 3 N–H and O–H groups in total. The van der Waals surface area contributed by atoms with E-state index < -0.39 is 0 Å². The van der Waals surface area contributed by atoms with Crippen molar-refractivity contribution in [2.45, 2.75) is 26.3 Å². The molecule has 0 aliphatic rings. The number of hydrogen-bond donors (Lipinski definition) is 3. The van der Waals surface area contributed by atoms with Crippen molar-refractivity contribution in [1.29, 1.82) is 0 Å². The third kappa shape index (κ3) is 6.89. The van der Waals surface area contributed by atoms with Crippen molar-refractivity contribution >= 4 is 23.3 Å². The molecule has 3 aromatic carbocycles. The summed E-state index contributed by atoms with van der Waals surface area (Å²) in [7, 11) is 0. The molecule has 6 nitrogen and oxygen atoms in total. The molecule has 1 atom stereocenters. The van der Waals surface area contributed by atoms with Crippen LogP contribution < -0.4 is 20.7 Å². The average Bonchev–Trinajstić information content (AvgIpc) is 2.78. The van der Waals surface area contributed by atoms with Crippen LogP contribution in [0.25, 0.3) is 0 Å². The van der Waals surface area contributed by atoms with Gasteiger partial charge in [-0.05, 0) is 48.7 Å². The van der Waals surface area contributed by atoms with Crippen molar-refractivity contribution in [2.24, 2.45) is 0 Å². The average molecular weight is 418 g/mol. The second-order valence-electron chi connectivity index (χ2n) is 7.15. The predicted octanol–water partition coefficient (Wildman–Crippen LogP) is 5.15. The smallest absolute Gasteiger partial charge is 0.319 e. The highest BCUT2D eigenvalue weighted by Crippen LogP contribution is 2.18. The van der Waals surface area contributed by atoms with Crippen LogP contribution in [0.4, 0.5) is 16.2 Å². The number of ether oxygens (including phenoxy) is 1. The van der Waals surface area contributed by atoms with Gasteiger partial charge in [0.25, 0.3) is 5.91 Å². The number of amides is 3. The zero-order valence-corrected chi connectivity index (χ0v) is 17.7. The van der Waals surface area contributed by atoms with E-state index >= 15 is 0 Å². The highest BCUT2D eigenvalue weighted by molar-refractivity contribution is 5.92. The number of carbonyl (C=O) groups excluding carboxylic acids is 2. The third-order valence-electron chi connectivity index (χ3n) is 4.75. The van der Waals surface area contributed by atoms with Gasteiger partial charge in [-0.2, -0.15) is 0 Å². The molecule has 0 fully saturated rings. The van der Waals surface area contributed by atoms with Gasteiger partial charge in [0.1, 0.15) is 5.75 Å². The predicted molar refractivity (Wildman–Crippen MR) is 123 cm³/mol. The molecule has 1 unspecified atom stereocenters. The van der Waals surface area contributed by atoms with Crippen molar-refractivity contribution in [3.8, 4) is 5.75 Å². The molecule has 160 valence electrons. The van der Waals surface area contributed by atoms with E-state index in [1.807, 2.05) is 37.3 Å². The fraction of sp³-hybridized carbons (Fsp3) is 0.200. The Morgan fingerprint density at radius 1 is 0.871 bits per heavy atom. The highest BCUT2D eigenvalue weighted by atomic mass is 16.5. The number of carbonyl (C=O) groups is 2.